The standard InChI is InChI=1S/C9H12FNO2/c10-9-2-1-8(13-4-3-12)5-7(9)6-11/h1-2,5,12H,3-4,6,11H2. The summed E-state index contributed by atoms with van der Waals surface area (Å²) >= 11 is 0. The molecule has 0 heterocycles. The number of benzene rings is 1. The molecule has 0 aliphatic rings. The molecule has 1 rings (SSSR count). The van der Waals surface area contributed by atoms with Gasteiger partial charge in [0.05, 0.1) is 6.61 Å². The Morgan fingerprint density at radius 3 is 2.85 bits per heavy atom. The largest absolute Gasteiger partial charge is 0.491 e. The second kappa shape index (κ2) is 4.79. The van der Waals surface area contributed by atoms with Crippen LogP contribution in [0.1, 0.15) is 5.56 Å². The highest BCUT2D eigenvalue weighted by Gasteiger charge is 2.01. The van der Waals surface area contributed by atoms with Crippen molar-refractivity contribution in [3.05, 3.63) is 29.6 Å². The van der Waals surface area contributed by atoms with Crippen molar-refractivity contribution in [2.45, 2.75) is 6.54 Å². The van der Waals surface area contributed by atoms with Gasteiger partial charge in [0.15, 0.2) is 0 Å². The minimum atomic E-state index is -0.334. The highest BCUT2D eigenvalue weighted by Crippen LogP contribution is 2.16. The van der Waals surface area contributed by atoms with E-state index in [1.807, 2.05) is 0 Å². The molecule has 0 bridgehead atoms. The van der Waals surface area contributed by atoms with Gasteiger partial charge in [-0.2, -0.15) is 0 Å². The van der Waals surface area contributed by atoms with Crippen LogP contribution in [-0.2, 0) is 6.54 Å². The van der Waals surface area contributed by atoms with Crippen LogP contribution in [0.15, 0.2) is 18.2 Å². The molecule has 0 fully saturated rings. The molecule has 0 spiro atoms. The van der Waals surface area contributed by atoms with Gasteiger partial charge in [-0.15, -0.1) is 0 Å². The van der Waals surface area contributed by atoms with Gasteiger partial charge in [0, 0.05) is 12.1 Å². The highest BCUT2D eigenvalue weighted by molar-refractivity contribution is 5.29. The summed E-state index contributed by atoms with van der Waals surface area (Å²) in [5.41, 5.74) is 5.72. The number of aliphatic hydroxyl groups is 1. The van der Waals surface area contributed by atoms with Gasteiger partial charge < -0.3 is 15.6 Å². The van der Waals surface area contributed by atoms with Crippen LogP contribution in [0.4, 0.5) is 4.39 Å². The molecular formula is C9H12FNO2. The molecule has 0 saturated carbocycles. The van der Waals surface area contributed by atoms with Gasteiger partial charge in [0.1, 0.15) is 18.2 Å². The lowest BCUT2D eigenvalue weighted by Crippen LogP contribution is -2.04. The molecule has 4 heteroatoms. The smallest absolute Gasteiger partial charge is 0.127 e. The van der Waals surface area contributed by atoms with Crippen molar-refractivity contribution in [3.8, 4) is 5.75 Å². The van der Waals surface area contributed by atoms with E-state index in [1.54, 1.807) is 0 Å². The lowest BCUT2D eigenvalue weighted by Gasteiger charge is -2.06. The van der Waals surface area contributed by atoms with Gasteiger partial charge in [-0.25, -0.2) is 4.39 Å². The van der Waals surface area contributed by atoms with E-state index in [9.17, 15) is 4.39 Å². The number of ether oxygens (including phenoxy) is 1. The Morgan fingerprint density at radius 2 is 2.23 bits per heavy atom. The van der Waals surface area contributed by atoms with E-state index >= 15 is 0 Å². The van der Waals surface area contributed by atoms with Gasteiger partial charge in [0.2, 0.25) is 0 Å². The fourth-order valence-electron chi connectivity index (χ4n) is 0.961. The summed E-state index contributed by atoms with van der Waals surface area (Å²) in [5, 5.41) is 8.48. The maximum atomic E-state index is 12.9. The minimum absolute atomic E-state index is 0.0602. The van der Waals surface area contributed by atoms with Crippen LogP contribution >= 0.6 is 0 Å². The van der Waals surface area contributed by atoms with Crippen LogP contribution in [0.2, 0.25) is 0 Å². The summed E-state index contributed by atoms with van der Waals surface area (Å²) in [4.78, 5) is 0. The predicted octanol–water partition coefficient (Wildman–Crippen LogP) is 0.655. The summed E-state index contributed by atoms with van der Waals surface area (Å²) in [5.74, 6) is 0.190. The molecule has 0 aliphatic heterocycles. The molecule has 0 saturated heterocycles. The van der Waals surface area contributed by atoms with E-state index < -0.39 is 0 Å². The van der Waals surface area contributed by atoms with Crippen molar-refractivity contribution in [2.75, 3.05) is 13.2 Å². The van der Waals surface area contributed by atoms with E-state index in [2.05, 4.69) is 0 Å². The maximum absolute atomic E-state index is 12.9. The van der Waals surface area contributed by atoms with Gasteiger partial charge in [0.25, 0.3) is 0 Å². The molecule has 0 radical (unpaired) electrons. The summed E-state index contributed by atoms with van der Waals surface area (Å²) in [6.45, 7) is 0.285. The maximum Gasteiger partial charge on any atom is 0.127 e. The Kier molecular flexibility index (Phi) is 3.67. The lowest BCUT2D eigenvalue weighted by molar-refractivity contribution is 0.201. The lowest BCUT2D eigenvalue weighted by atomic mass is 10.2. The molecule has 0 aromatic heterocycles. The van der Waals surface area contributed by atoms with E-state index in [4.69, 9.17) is 15.6 Å². The van der Waals surface area contributed by atoms with Crippen LogP contribution < -0.4 is 10.5 Å². The van der Waals surface area contributed by atoms with Crippen molar-refractivity contribution in [1.29, 1.82) is 0 Å². The summed E-state index contributed by atoms with van der Waals surface area (Å²) < 4.78 is 18.0. The zero-order valence-electron chi connectivity index (χ0n) is 7.16. The van der Waals surface area contributed by atoms with Crippen LogP contribution in [0.25, 0.3) is 0 Å². The summed E-state index contributed by atoms with van der Waals surface area (Å²) in [7, 11) is 0. The first kappa shape index (κ1) is 9.95. The number of nitrogens with two attached hydrogens (primary N) is 1. The van der Waals surface area contributed by atoms with Crippen LogP contribution in [-0.4, -0.2) is 18.3 Å². The van der Waals surface area contributed by atoms with Crippen molar-refractivity contribution >= 4 is 0 Å². The molecule has 1 aromatic rings. The van der Waals surface area contributed by atoms with Gasteiger partial charge in [-0.3, -0.25) is 0 Å². The highest BCUT2D eigenvalue weighted by atomic mass is 19.1. The van der Waals surface area contributed by atoms with E-state index in [-0.39, 0.29) is 25.6 Å². The first-order chi connectivity index (χ1) is 6.27. The van der Waals surface area contributed by atoms with Crippen LogP contribution in [0.5, 0.6) is 5.75 Å². The van der Waals surface area contributed by atoms with E-state index in [0.717, 1.165) is 0 Å². The average molecular weight is 185 g/mol. The molecule has 3 N–H and O–H groups in total. The van der Waals surface area contributed by atoms with Crippen molar-refractivity contribution < 1.29 is 14.2 Å². The van der Waals surface area contributed by atoms with Crippen LogP contribution in [0, 0.1) is 5.82 Å². The van der Waals surface area contributed by atoms with Gasteiger partial charge >= 0.3 is 0 Å². The molecule has 1 aromatic carbocycles. The minimum Gasteiger partial charge on any atom is -0.491 e. The molecule has 0 amide bonds. The van der Waals surface area contributed by atoms with Gasteiger partial charge in [-0.05, 0) is 18.2 Å². The van der Waals surface area contributed by atoms with Crippen molar-refractivity contribution in [3.63, 3.8) is 0 Å². The fourth-order valence-corrected chi connectivity index (χ4v) is 0.961. The number of hydrogen-bond donors (Lipinski definition) is 2. The van der Waals surface area contributed by atoms with E-state index in [1.165, 1.54) is 18.2 Å². The Balaban J connectivity index is 2.74. The Bertz CT molecular complexity index is 278. The predicted molar refractivity (Wildman–Crippen MR) is 46.9 cm³/mol. The SMILES string of the molecule is NCc1cc(OCCO)ccc1F. The summed E-state index contributed by atoms with van der Waals surface area (Å²) in [6.07, 6.45) is 0. The van der Waals surface area contributed by atoms with Crippen molar-refractivity contribution in [2.24, 2.45) is 5.73 Å². The third-order valence-corrected chi connectivity index (χ3v) is 1.60. The topological polar surface area (TPSA) is 55.5 Å². The second-order valence-electron chi connectivity index (χ2n) is 2.53. The number of aliphatic hydroxyl groups excluding tert-OH is 1. The third kappa shape index (κ3) is 2.68. The molecule has 0 aliphatic carbocycles. The number of rotatable bonds is 4. The Hall–Kier alpha value is -1.13. The average Bonchev–Trinajstić information content (AvgIpc) is 2.16. The fraction of sp³-hybridized carbons (Fsp3) is 0.333. The van der Waals surface area contributed by atoms with Crippen molar-refractivity contribution in [1.82, 2.24) is 0 Å². The van der Waals surface area contributed by atoms with E-state index in [0.29, 0.717) is 11.3 Å². The molecular weight excluding hydrogens is 173 g/mol. The Morgan fingerprint density at radius 1 is 1.46 bits per heavy atom. The first-order valence-electron chi connectivity index (χ1n) is 4.00. The number of halogens is 1. The zero-order valence-corrected chi connectivity index (χ0v) is 7.16. The molecule has 0 atom stereocenters. The number of hydrogen-bond acceptors (Lipinski definition) is 3. The first-order valence-corrected chi connectivity index (χ1v) is 4.00. The monoisotopic (exact) mass is 185 g/mol. The Labute approximate surface area is 75.9 Å². The second-order valence-corrected chi connectivity index (χ2v) is 2.53. The van der Waals surface area contributed by atoms with Gasteiger partial charge in [-0.1, -0.05) is 0 Å². The molecule has 72 valence electrons. The molecule has 0 unspecified atom stereocenters. The molecule has 3 nitrogen and oxygen atoms in total. The van der Waals surface area contributed by atoms with Crippen LogP contribution in [0.3, 0.4) is 0 Å². The molecule has 13 heavy (non-hydrogen) atoms. The summed E-state index contributed by atoms with van der Waals surface area (Å²) in [6, 6.07) is 4.34. The normalized spacial score (nSPS) is 10.1. The quantitative estimate of drug-likeness (QED) is 0.724. The third-order valence-electron chi connectivity index (χ3n) is 1.60. The zero-order chi connectivity index (χ0) is 9.68.